The van der Waals surface area contributed by atoms with Gasteiger partial charge in [-0.2, -0.15) is 0 Å². The van der Waals surface area contributed by atoms with Crippen LogP contribution in [0.1, 0.15) is 61.7 Å². The lowest BCUT2D eigenvalue weighted by molar-refractivity contribution is -0.178. The molecule has 0 saturated carbocycles. The third kappa shape index (κ3) is 15.7. The monoisotopic (exact) mass is 681 g/mol. The van der Waals surface area contributed by atoms with Crippen molar-refractivity contribution in [2.45, 2.75) is 62.4 Å². The second kappa shape index (κ2) is 22.3. The van der Waals surface area contributed by atoms with Gasteiger partial charge in [0.15, 0.2) is 15.6 Å². The Hall–Kier alpha value is -4.25. The van der Waals surface area contributed by atoms with Crippen molar-refractivity contribution in [2.75, 3.05) is 58.5 Å². The number of hydrogen-bond acceptors (Lipinski definition) is 13. The summed E-state index contributed by atoms with van der Waals surface area (Å²) in [5.41, 5.74) is 16.8. The van der Waals surface area contributed by atoms with Crippen molar-refractivity contribution in [1.29, 1.82) is 0 Å². The summed E-state index contributed by atoms with van der Waals surface area (Å²) in [6, 6.07) is 5.54. The first-order valence-corrected chi connectivity index (χ1v) is 16.7. The smallest absolute Gasteiger partial charge is 0.428 e. The molecule has 2 amide bonds. The molecule has 1 unspecified atom stereocenters. The van der Waals surface area contributed by atoms with Crippen LogP contribution in [0, 0.1) is 0 Å². The zero-order valence-electron chi connectivity index (χ0n) is 25.9. The minimum absolute atomic E-state index is 0.100. The SMILES string of the molecule is [N-]=[N+]=NCCCCCC(CS(=O)(=O)c1cccc(C(=O)CCCOCCOCCOCCN=[N+]=[N-])c1)OC(=O)ON1C(=O)CCC1=O. The topological polar surface area (TPSA) is 249 Å². The molecular weight excluding hydrogens is 642 g/mol. The molecule has 1 aliphatic rings. The number of benzene rings is 1. The lowest BCUT2D eigenvalue weighted by atomic mass is 10.1. The molecule has 19 heteroatoms. The number of rotatable bonds is 25. The fourth-order valence-electron chi connectivity index (χ4n) is 4.22. The van der Waals surface area contributed by atoms with Crippen LogP contribution in [0.3, 0.4) is 0 Å². The summed E-state index contributed by atoms with van der Waals surface area (Å²) in [7, 11) is -4.08. The number of Topliss-reactive ketones (excluding diaryl/α,β-unsaturated/α-hetero) is 1. The fourth-order valence-corrected chi connectivity index (χ4v) is 5.73. The van der Waals surface area contributed by atoms with Crippen LogP contribution in [0.4, 0.5) is 4.79 Å². The molecule has 0 radical (unpaired) electrons. The molecule has 1 aromatic carbocycles. The summed E-state index contributed by atoms with van der Waals surface area (Å²) in [6.07, 6.45) is -0.716. The number of hydroxylamine groups is 2. The molecule has 1 aliphatic heterocycles. The van der Waals surface area contributed by atoms with Crippen LogP contribution in [0.25, 0.3) is 20.9 Å². The van der Waals surface area contributed by atoms with E-state index in [9.17, 15) is 27.6 Å². The predicted octanol–water partition coefficient (Wildman–Crippen LogP) is 4.24. The Balaban J connectivity index is 1.86. The molecule has 0 bridgehead atoms. The van der Waals surface area contributed by atoms with E-state index < -0.39 is 39.7 Å². The number of carbonyl (C=O) groups is 4. The van der Waals surface area contributed by atoms with Crippen LogP contribution in [0.15, 0.2) is 39.4 Å². The minimum Gasteiger partial charge on any atom is -0.428 e. The highest BCUT2D eigenvalue weighted by Gasteiger charge is 2.34. The zero-order valence-corrected chi connectivity index (χ0v) is 26.8. The van der Waals surface area contributed by atoms with E-state index in [4.69, 9.17) is 34.8 Å². The van der Waals surface area contributed by atoms with Crippen molar-refractivity contribution in [3.8, 4) is 0 Å². The average molecular weight is 682 g/mol. The van der Waals surface area contributed by atoms with E-state index in [1.54, 1.807) is 0 Å². The standard InChI is InChI=1S/C28H39N7O11S/c29-33-31-12-3-1-2-7-23(45-28(39)46-35-26(37)10-11-27(35)38)21-47(40,41)24-8-4-6-22(20-24)25(36)9-5-14-42-16-18-44-19-17-43-15-13-32-34-30/h4,6,8,20,23H,1-3,5,7,9-19,21H2. The zero-order chi connectivity index (χ0) is 34.3. The Morgan fingerprint density at radius 3 is 2.17 bits per heavy atom. The van der Waals surface area contributed by atoms with E-state index in [0.29, 0.717) is 70.4 Å². The largest absolute Gasteiger partial charge is 0.534 e. The highest BCUT2D eigenvalue weighted by molar-refractivity contribution is 7.91. The van der Waals surface area contributed by atoms with Gasteiger partial charge >= 0.3 is 6.16 Å². The van der Waals surface area contributed by atoms with Gasteiger partial charge < -0.3 is 18.9 Å². The Kier molecular flexibility index (Phi) is 18.5. The molecule has 1 aromatic rings. The van der Waals surface area contributed by atoms with Gasteiger partial charge in [0.25, 0.3) is 11.8 Å². The molecule has 2 rings (SSSR count). The number of hydrogen-bond donors (Lipinski definition) is 0. The van der Waals surface area contributed by atoms with Crippen LogP contribution < -0.4 is 0 Å². The van der Waals surface area contributed by atoms with Crippen LogP contribution in [-0.4, -0.2) is 102 Å². The second-order valence-electron chi connectivity index (χ2n) is 10.1. The van der Waals surface area contributed by atoms with Gasteiger partial charge in [0.1, 0.15) is 6.10 Å². The number of sulfone groups is 1. The first-order valence-electron chi connectivity index (χ1n) is 15.0. The molecule has 18 nitrogen and oxygen atoms in total. The molecule has 0 aromatic heterocycles. The van der Waals surface area contributed by atoms with Gasteiger partial charge in [0.05, 0.1) is 43.7 Å². The van der Waals surface area contributed by atoms with Gasteiger partial charge in [-0.25, -0.2) is 13.2 Å². The van der Waals surface area contributed by atoms with E-state index in [1.165, 1.54) is 24.3 Å². The van der Waals surface area contributed by atoms with Crippen LogP contribution in [0.5, 0.6) is 0 Å². The third-order valence-electron chi connectivity index (χ3n) is 6.54. The minimum atomic E-state index is -4.08. The van der Waals surface area contributed by atoms with Gasteiger partial charge in [0, 0.05) is 54.3 Å². The molecule has 0 aliphatic carbocycles. The Morgan fingerprint density at radius 2 is 1.49 bits per heavy atom. The molecule has 1 fully saturated rings. The van der Waals surface area contributed by atoms with Crippen LogP contribution >= 0.6 is 0 Å². The van der Waals surface area contributed by atoms with E-state index >= 15 is 0 Å². The number of azide groups is 2. The summed E-state index contributed by atoms with van der Waals surface area (Å²) < 4.78 is 47.9. The van der Waals surface area contributed by atoms with Crippen molar-refractivity contribution < 1.29 is 51.4 Å². The summed E-state index contributed by atoms with van der Waals surface area (Å²) in [5, 5.41) is 7.09. The maximum atomic E-state index is 13.3. The number of ether oxygens (including phenoxy) is 4. The van der Waals surface area contributed by atoms with E-state index in [2.05, 4.69) is 20.1 Å². The van der Waals surface area contributed by atoms with Crippen molar-refractivity contribution >= 4 is 33.6 Å². The molecule has 1 saturated heterocycles. The number of ketones is 1. The number of unbranched alkanes of at least 4 members (excludes halogenated alkanes) is 2. The molecule has 0 spiro atoms. The lowest BCUT2D eigenvalue weighted by Gasteiger charge is -2.19. The summed E-state index contributed by atoms with van der Waals surface area (Å²) in [5.74, 6) is -2.35. The summed E-state index contributed by atoms with van der Waals surface area (Å²) >= 11 is 0. The highest BCUT2D eigenvalue weighted by Crippen LogP contribution is 2.20. The molecule has 1 atom stereocenters. The van der Waals surface area contributed by atoms with Gasteiger partial charge in [-0.1, -0.05) is 33.8 Å². The van der Waals surface area contributed by atoms with Crippen LogP contribution in [-0.2, 0) is 43.2 Å². The molecular formula is C28H39N7O11S. The normalized spacial score (nSPS) is 13.5. The molecule has 0 N–H and O–H groups in total. The van der Waals surface area contributed by atoms with Gasteiger partial charge in [-0.15, -0.1) is 0 Å². The summed E-state index contributed by atoms with van der Waals surface area (Å²) in [4.78, 5) is 58.6. The van der Waals surface area contributed by atoms with Gasteiger partial charge in [-0.05, 0) is 48.9 Å². The maximum Gasteiger partial charge on any atom is 0.534 e. The maximum absolute atomic E-state index is 13.3. The predicted molar refractivity (Wildman–Crippen MR) is 163 cm³/mol. The Labute approximate surface area is 271 Å². The number of nitrogens with zero attached hydrogens (tertiary/aromatic N) is 7. The second-order valence-corrected chi connectivity index (χ2v) is 12.1. The average Bonchev–Trinajstić information content (AvgIpc) is 3.36. The molecule has 47 heavy (non-hydrogen) atoms. The van der Waals surface area contributed by atoms with Crippen molar-refractivity contribution in [3.63, 3.8) is 0 Å². The summed E-state index contributed by atoms with van der Waals surface area (Å²) in [6.45, 7) is 2.47. The lowest BCUT2D eigenvalue weighted by Crippen LogP contribution is -2.35. The number of amides is 2. The van der Waals surface area contributed by atoms with Crippen molar-refractivity contribution in [1.82, 2.24) is 5.06 Å². The van der Waals surface area contributed by atoms with Gasteiger partial charge in [-0.3, -0.25) is 19.2 Å². The molecule has 258 valence electrons. The van der Waals surface area contributed by atoms with E-state index in [-0.39, 0.29) is 55.0 Å². The Morgan fingerprint density at radius 1 is 0.851 bits per heavy atom. The number of imide groups is 1. The highest BCUT2D eigenvalue weighted by atomic mass is 32.2. The first kappa shape index (κ1) is 38.9. The molecule has 1 heterocycles. The van der Waals surface area contributed by atoms with E-state index in [0.717, 1.165) is 0 Å². The first-order chi connectivity index (χ1) is 22.7. The van der Waals surface area contributed by atoms with E-state index in [1.807, 2.05) is 0 Å². The quantitative estimate of drug-likeness (QED) is 0.0268. The van der Waals surface area contributed by atoms with Crippen molar-refractivity contribution in [2.24, 2.45) is 10.2 Å². The number of carbonyl (C=O) groups excluding carboxylic acids is 4. The third-order valence-corrected chi connectivity index (χ3v) is 8.32. The van der Waals surface area contributed by atoms with Crippen LogP contribution in [0.2, 0.25) is 0 Å². The van der Waals surface area contributed by atoms with Gasteiger partial charge in [0.2, 0.25) is 0 Å². The fraction of sp³-hybridized carbons (Fsp3) is 0.643. The Bertz CT molecular complexity index is 1380. The van der Waals surface area contributed by atoms with Crippen molar-refractivity contribution in [3.05, 3.63) is 50.7 Å².